The maximum atomic E-state index is 10.9. The van der Waals surface area contributed by atoms with Crippen molar-refractivity contribution in [2.75, 3.05) is 11.4 Å². The summed E-state index contributed by atoms with van der Waals surface area (Å²) < 4.78 is 5.76. The van der Waals surface area contributed by atoms with E-state index in [1.807, 2.05) is 0 Å². The predicted octanol–water partition coefficient (Wildman–Crippen LogP) is 1.18. The molecule has 1 aromatic rings. The fourth-order valence-corrected chi connectivity index (χ4v) is 1.47. The van der Waals surface area contributed by atoms with E-state index in [2.05, 4.69) is 22.8 Å². The Bertz CT molecular complexity index is 401. The number of methoxy groups -OCH3 is 1. The molecule has 0 unspecified atom stereocenters. The highest BCUT2D eigenvalue weighted by Crippen LogP contribution is 2.33. The van der Waals surface area contributed by atoms with Crippen molar-refractivity contribution in [1.82, 2.24) is 9.97 Å². The van der Waals surface area contributed by atoms with E-state index in [9.17, 15) is 4.79 Å². The van der Waals surface area contributed by atoms with Gasteiger partial charge in [-0.05, 0) is 6.92 Å². The van der Waals surface area contributed by atoms with Gasteiger partial charge in [0.25, 0.3) is 0 Å². The molecule has 2 amide bonds. The Morgan fingerprint density at radius 2 is 2.20 bits per heavy atom. The van der Waals surface area contributed by atoms with Crippen LogP contribution in [0.5, 0.6) is 5.88 Å². The number of aromatic nitrogens is 2. The molecule has 0 saturated heterocycles. The number of primary amides is 1. The van der Waals surface area contributed by atoms with Crippen LogP contribution >= 0.6 is 24.4 Å². The number of hydrogen-bond acceptors (Lipinski definition) is 5. The maximum Gasteiger partial charge on any atom is 0.329 e. The van der Waals surface area contributed by atoms with Crippen LogP contribution in [0.2, 0.25) is 5.15 Å². The SMILES string of the molecule is COc1nc(C)nc(Cl)c1N(S)C(N)=O. The van der Waals surface area contributed by atoms with Crippen molar-refractivity contribution in [3.05, 3.63) is 11.0 Å². The topological polar surface area (TPSA) is 81.3 Å². The summed E-state index contributed by atoms with van der Waals surface area (Å²) >= 11 is 9.68. The van der Waals surface area contributed by atoms with Crippen LogP contribution in [0.4, 0.5) is 10.5 Å². The number of anilines is 1. The predicted molar refractivity (Wildman–Crippen MR) is 59.4 cm³/mol. The Kier molecular flexibility index (Phi) is 3.59. The standard InChI is InChI=1S/C7H9ClN4O2S/c1-3-10-5(8)4(6(11-3)14-2)12(15)7(9)13/h15H,1-2H3,(H2,9,13). The third kappa shape index (κ3) is 2.42. The second kappa shape index (κ2) is 4.54. The van der Waals surface area contributed by atoms with Crippen LogP contribution in [0.25, 0.3) is 0 Å². The third-order valence-electron chi connectivity index (χ3n) is 1.54. The van der Waals surface area contributed by atoms with Crippen LogP contribution in [0.1, 0.15) is 5.82 Å². The first-order valence-corrected chi connectivity index (χ1v) is 4.61. The molecule has 1 aromatic heterocycles. The van der Waals surface area contributed by atoms with Gasteiger partial charge in [-0.2, -0.15) is 4.98 Å². The van der Waals surface area contributed by atoms with Crippen molar-refractivity contribution in [2.24, 2.45) is 5.73 Å². The molecule has 0 aromatic carbocycles. The number of rotatable bonds is 2. The monoisotopic (exact) mass is 248 g/mol. The maximum absolute atomic E-state index is 10.9. The highest BCUT2D eigenvalue weighted by Gasteiger charge is 2.20. The molecule has 1 rings (SSSR count). The largest absolute Gasteiger partial charge is 0.479 e. The number of hydrogen-bond donors (Lipinski definition) is 2. The number of nitrogens with two attached hydrogens (primary N) is 1. The minimum atomic E-state index is -0.800. The number of urea groups is 1. The van der Waals surface area contributed by atoms with E-state index in [0.717, 1.165) is 4.31 Å². The highest BCUT2D eigenvalue weighted by molar-refractivity contribution is 7.82. The molecular formula is C7H9ClN4O2S. The zero-order valence-electron chi connectivity index (χ0n) is 8.06. The number of thiol groups is 1. The molecule has 15 heavy (non-hydrogen) atoms. The minimum Gasteiger partial charge on any atom is -0.479 e. The molecule has 82 valence electrons. The van der Waals surface area contributed by atoms with Gasteiger partial charge in [-0.15, -0.1) is 0 Å². The molecule has 0 atom stereocenters. The van der Waals surface area contributed by atoms with Crippen LogP contribution in [-0.2, 0) is 0 Å². The first-order valence-electron chi connectivity index (χ1n) is 3.84. The van der Waals surface area contributed by atoms with E-state index in [-0.39, 0.29) is 16.7 Å². The van der Waals surface area contributed by atoms with E-state index in [0.29, 0.717) is 5.82 Å². The van der Waals surface area contributed by atoms with Gasteiger partial charge >= 0.3 is 6.03 Å². The Morgan fingerprint density at radius 3 is 2.67 bits per heavy atom. The van der Waals surface area contributed by atoms with Gasteiger partial charge in [-0.1, -0.05) is 24.4 Å². The van der Waals surface area contributed by atoms with Crippen molar-refractivity contribution in [3.63, 3.8) is 0 Å². The van der Waals surface area contributed by atoms with Gasteiger partial charge in [0, 0.05) is 0 Å². The van der Waals surface area contributed by atoms with Gasteiger partial charge in [0.1, 0.15) is 5.82 Å². The van der Waals surface area contributed by atoms with Crippen molar-refractivity contribution in [3.8, 4) is 5.88 Å². The molecule has 0 fully saturated rings. The first kappa shape index (κ1) is 11.9. The van der Waals surface area contributed by atoms with Crippen LogP contribution in [0.3, 0.4) is 0 Å². The Balaban J connectivity index is 3.32. The molecule has 6 nitrogen and oxygen atoms in total. The third-order valence-corrected chi connectivity index (χ3v) is 2.20. The van der Waals surface area contributed by atoms with Gasteiger partial charge < -0.3 is 10.5 Å². The van der Waals surface area contributed by atoms with E-state index in [1.54, 1.807) is 6.92 Å². The summed E-state index contributed by atoms with van der Waals surface area (Å²) in [5, 5.41) is 0.0492. The number of aryl methyl sites for hydroxylation is 1. The Labute approximate surface area is 96.9 Å². The Morgan fingerprint density at radius 1 is 1.60 bits per heavy atom. The lowest BCUT2D eigenvalue weighted by Gasteiger charge is -2.16. The number of carbonyl (C=O) groups excluding carboxylic acids is 1. The number of halogens is 1. The average molecular weight is 249 g/mol. The lowest BCUT2D eigenvalue weighted by molar-refractivity contribution is 0.257. The second-order valence-electron chi connectivity index (χ2n) is 2.57. The van der Waals surface area contributed by atoms with Crippen LogP contribution in [-0.4, -0.2) is 23.1 Å². The summed E-state index contributed by atoms with van der Waals surface area (Å²) in [6.45, 7) is 1.64. The molecule has 0 aliphatic heterocycles. The van der Waals surface area contributed by atoms with Gasteiger partial charge in [0.15, 0.2) is 10.8 Å². The van der Waals surface area contributed by atoms with Gasteiger partial charge in [-0.25, -0.2) is 14.1 Å². The van der Waals surface area contributed by atoms with E-state index in [1.165, 1.54) is 7.11 Å². The normalized spacial score (nSPS) is 9.87. The molecule has 0 radical (unpaired) electrons. The fraction of sp³-hybridized carbons (Fsp3) is 0.286. The molecule has 2 N–H and O–H groups in total. The van der Waals surface area contributed by atoms with Crippen LogP contribution < -0.4 is 14.8 Å². The first-order chi connectivity index (χ1) is 6.97. The van der Waals surface area contributed by atoms with E-state index >= 15 is 0 Å². The summed E-state index contributed by atoms with van der Waals surface area (Å²) in [6, 6.07) is -0.800. The van der Waals surface area contributed by atoms with Crippen LogP contribution in [0.15, 0.2) is 0 Å². The fourth-order valence-electron chi connectivity index (χ4n) is 0.939. The van der Waals surface area contributed by atoms with E-state index in [4.69, 9.17) is 22.1 Å². The van der Waals surface area contributed by atoms with Crippen molar-refractivity contribution in [1.29, 1.82) is 0 Å². The number of carbonyl (C=O) groups is 1. The molecule has 0 bridgehead atoms. The zero-order valence-corrected chi connectivity index (χ0v) is 9.71. The number of ether oxygens (including phenoxy) is 1. The van der Waals surface area contributed by atoms with Crippen molar-refractivity contribution in [2.45, 2.75) is 6.92 Å². The van der Waals surface area contributed by atoms with E-state index < -0.39 is 6.03 Å². The van der Waals surface area contributed by atoms with Gasteiger partial charge in [0.2, 0.25) is 5.88 Å². The molecule has 8 heteroatoms. The Hall–Kier alpha value is -1.21. The summed E-state index contributed by atoms with van der Waals surface area (Å²) in [6.07, 6.45) is 0. The lowest BCUT2D eigenvalue weighted by Crippen LogP contribution is -2.28. The molecule has 0 aliphatic rings. The van der Waals surface area contributed by atoms with Crippen molar-refractivity contribution >= 4 is 36.1 Å². The highest BCUT2D eigenvalue weighted by atomic mass is 35.5. The molecule has 0 spiro atoms. The lowest BCUT2D eigenvalue weighted by atomic mass is 10.4. The number of amides is 2. The summed E-state index contributed by atoms with van der Waals surface area (Å²) in [5.74, 6) is 0.563. The van der Waals surface area contributed by atoms with Crippen LogP contribution in [0, 0.1) is 6.92 Å². The number of nitrogens with zero attached hydrogens (tertiary/aromatic N) is 3. The smallest absolute Gasteiger partial charge is 0.329 e. The molecular weight excluding hydrogens is 240 g/mol. The second-order valence-corrected chi connectivity index (χ2v) is 3.33. The minimum absolute atomic E-state index is 0.0492. The zero-order chi connectivity index (χ0) is 11.6. The van der Waals surface area contributed by atoms with Crippen molar-refractivity contribution < 1.29 is 9.53 Å². The molecule has 0 aliphatic carbocycles. The molecule has 0 saturated carbocycles. The average Bonchev–Trinajstić information content (AvgIpc) is 2.15. The summed E-state index contributed by atoms with van der Waals surface area (Å²) in [5.41, 5.74) is 5.16. The molecule has 1 heterocycles. The van der Waals surface area contributed by atoms with Gasteiger partial charge in [-0.3, -0.25) is 0 Å². The van der Waals surface area contributed by atoms with Gasteiger partial charge in [0.05, 0.1) is 7.11 Å². The summed E-state index contributed by atoms with van der Waals surface area (Å²) in [4.78, 5) is 18.7. The summed E-state index contributed by atoms with van der Waals surface area (Å²) in [7, 11) is 1.39. The quantitative estimate of drug-likeness (QED) is 0.608.